The second kappa shape index (κ2) is 5.64. The molecule has 13 heavy (non-hydrogen) atoms. The lowest BCUT2D eigenvalue weighted by Gasteiger charge is -2.32. The molecule has 1 aliphatic rings. The highest BCUT2D eigenvalue weighted by molar-refractivity contribution is 4.73. The maximum Gasteiger partial charge on any atom is 0.00949 e. The average Bonchev–Trinajstić information content (AvgIpc) is 2.02. The van der Waals surface area contributed by atoms with Gasteiger partial charge in [0.25, 0.3) is 0 Å². The Hall–Kier alpha value is -0.0400. The number of hydrogen-bond donors (Lipinski definition) is 0. The van der Waals surface area contributed by atoms with Crippen LogP contribution >= 0.6 is 0 Å². The summed E-state index contributed by atoms with van der Waals surface area (Å²) in [6, 6.07) is 1.57. The molecule has 1 aliphatic carbocycles. The minimum Gasteiger partial charge on any atom is -0.301 e. The van der Waals surface area contributed by atoms with Gasteiger partial charge in [-0.3, -0.25) is 0 Å². The van der Waals surface area contributed by atoms with Crippen molar-refractivity contribution in [3.8, 4) is 0 Å². The highest BCUT2D eigenvalue weighted by Crippen LogP contribution is 2.21. The summed E-state index contributed by atoms with van der Waals surface area (Å²) in [6.07, 6.45) is 10.1. The summed E-state index contributed by atoms with van der Waals surface area (Å²) in [5.41, 5.74) is 0. The van der Waals surface area contributed by atoms with Crippen LogP contribution in [0.4, 0.5) is 0 Å². The van der Waals surface area contributed by atoms with Gasteiger partial charge in [0.2, 0.25) is 0 Å². The van der Waals surface area contributed by atoms with Crippen LogP contribution in [0.3, 0.4) is 0 Å². The van der Waals surface area contributed by atoms with Crippen LogP contribution in [0.1, 0.15) is 58.8 Å². The van der Waals surface area contributed by atoms with Gasteiger partial charge < -0.3 is 4.90 Å². The van der Waals surface area contributed by atoms with Crippen molar-refractivity contribution in [2.45, 2.75) is 70.9 Å². The van der Waals surface area contributed by atoms with Crippen molar-refractivity contribution in [1.82, 2.24) is 4.90 Å². The zero-order valence-corrected chi connectivity index (χ0v) is 9.55. The van der Waals surface area contributed by atoms with E-state index >= 15 is 0 Å². The Labute approximate surface area is 83.5 Å². The Morgan fingerprint density at radius 3 is 1.85 bits per heavy atom. The molecule has 1 heteroatoms. The van der Waals surface area contributed by atoms with E-state index in [9.17, 15) is 0 Å². The molecule has 0 aliphatic heterocycles. The third-order valence-corrected chi connectivity index (χ3v) is 3.47. The van der Waals surface area contributed by atoms with Gasteiger partial charge >= 0.3 is 0 Å². The molecular weight excluding hydrogens is 158 g/mol. The van der Waals surface area contributed by atoms with Crippen LogP contribution in [0.5, 0.6) is 0 Å². The predicted molar refractivity (Wildman–Crippen MR) is 59.0 cm³/mol. The van der Waals surface area contributed by atoms with Crippen molar-refractivity contribution in [2.75, 3.05) is 7.05 Å². The van der Waals surface area contributed by atoms with E-state index in [1.165, 1.54) is 44.9 Å². The molecule has 1 saturated carbocycles. The first-order chi connectivity index (χ1) is 6.22. The molecule has 0 bridgehead atoms. The molecule has 78 valence electrons. The fraction of sp³-hybridized carbons (Fsp3) is 1.00. The molecule has 0 N–H and O–H groups in total. The van der Waals surface area contributed by atoms with E-state index in [4.69, 9.17) is 0 Å². The van der Waals surface area contributed by atoms with E-state index in [-0.39, 0.29) is 0 Å². The fourth-order valence-corrected chi connectivity index (χ4v) is 2.26. The largest absolute Gasteiger partial charge is 0.301 e. The van der Waals surface area contributed by atoms with E-state index < -0.39 is 0 Å². The minimum atomic E-state index is 0.712. The first kappa shape index (κ1) is 11.0. The average molecular weight is 183 g/mol. The summed E-state index contributed by atoms with van der Waals surface area (Å²) >= 11 is 0. The summed E-state index contributed by atoms with van der Waals surface area (Å²) in [5.74, 6) is 0. The topological polar surface area (TPSA) is 3.24 Å². The summed E-state index contributed by atoms with van der Waals surface area (Å²) in [6.45, 7) is 4.61. The van der Waals surface area contributed by atoms with E-state index in [1.54, 1.807) is 0 Å². The van der Waals surface area contributed by atoms with Crippen LogP contribution in [0, 0.1) is 0 Å². The SMILES string of the molecule is CC(C)N(C)C1CCCCCCC1. The molecule has 0 aromatic rings. The van der Waals surface area contributed by atoms with Gasteiger partial charge in [0.1, 0.15) is 0 Å². The maximum atomic E-state index is 2.56. The summed E-state index contributed by atoms with van der Waals surface area (Å²) in [7, 11) is 2.29. The lowest BCUT2D eigenvalue weighted by atomic mass is 9.95. The molecule has 0 radical (unpaired) electrons. The van der Waals surface area contributed by atoms with Crippen molar-refractivity contribution >= 4 is 0 Å². The first-order valence-corrected chi connectivity index (χ1v) is 5.93. The second-order valence-corrected chi connectivity index (χ2v) is 4.76. The third-order valence-electron chi connectivity index (χ3n) is 3.47. The Kier molecular flexibility index (Phi) is 4.79. The molecule has 1 fully saturated rings. The maximum absolute atomic E-state index is 2.56. The Morgan fingerprint density at radius 2 is 1.38 bits per heavy atom. The van der Waals surface area contributed by atoms with Crippen LogP contribution in [0.25, 0.3) is 0 Å². The molecule has 0 spiro atoms. The van der Waals surface area contributed by atoms with E-state index in [0.29, 0.717) is 6.04 Å². The van der Waals surface area contributed by atoms with Crippen molar-refractivity contribution in [3.05, 3.63) is 0 Å². The summed E-state index contributed by atoms with van der Waals surface area (Å²) in [5, 5.41) is 0. The Bertz CT molecular complexity index is 123. The smallest absolute Gasteiger partial charge is 0.00949 e. The molecular formula is C12H25N. The summed E-state index contributed by atoms with van der Waals surface area (Å²) in [4.78, 5) is 2.56. The van der Waals surface area contributed by atoms with E-state index in [1.807, 2.05) is 0 Å². The van der Waals surface area contributed by atoms with Gasteiger partial charge in [0.05, 0.1) is 0 Å². The van der Waals surface area contributed by atoms with Crippen molar-refractivity contribution < 1.29 is 0 Å². The summed E-state index contributed by atoms with van der Waals surface area (Å²) < 4.78 is 0. The Morgan fingerprint density at radius 1 is 0.923 bits per heavy atom. The van der Waals surface area contributed by atoms with Gasteiger partial charge in [-0.2, -0.15) is 0 Å². The zero-order valence-electron chi connectivity index (χ0n) is 9.55. The van der Waals surface area contributed by atoms with Gasteiger partial charge in [0.15, 0.2) is 0 Å². The predicted octanol–water partition coefficient (Wildman–Crippen LogP) is 3.44. The zero-order chi connectivity index (χ0) is 9.68. The third kappa shape index (κ3) is 3.68. The van der Waals surface area contributed by atoms with Gasteiger partial charge in [-0.1, -0.05) is 32.1 Å². The van der Waals surface area contributed by atoms with Crippen molar-refractivity contribution in [3.63, 3.8) is 0 Å². The van der Waals surface area contributed by atoms with Crippen LogP contribution in [0.2, 0.25) is 0 Å². The van der Waals surface area contributed by atoms with E-state index in [0.717, 1.165) is 6.04 Å². The molecule has 0 amide bonds. The van der Waals surface area contributed by atoms with Crippen molar-refractivity contribution in [2.24, 2.45) is 0 Å². The quantitative estimate of drug-likeness (QED) is 0.634. The van der Waals surface area contributed by atoms with E-state index in [2.05, 4.69) is 25.8 Å². The van der Waals surface area contributed by atoms with Crippen LogP contribution in [-0.2, 0) is 0 Å². The first-order valence-electron chi connectivity index (χ1n) is 5.93. The Balaban J connectivity index is 2.36. The van der Waals surface area contributed by atoms with Crippen LogP contribution in [-0.4, -0.2) is 24.0 Å². The second-order valence-electron chi connectivity index (χ2n) is 4.76. The number of nitrogens with zero attached hydrogens (tertiary/aromatic N) is 1. The molecule has 0 heterocycles. The molecule has 0 unspecified atom stereocenters. The molecule has 0 atom stereocenters. The number of hydrogen-bond acceptors (Lipinski definition) is 1. The standard InChI is InChI=1S/C12H25N/c1-11(2)13(3)12-9-7-5-4-6-8-10-12/h11-12H,4-10H2,1-3H3. The van der Waals surface area contributed by atoms with Gasteiger partial charge in [0, 0.05) is 12.1 Å². The van der Waals surface area contributed by atoms with Crippen molar-refractivity contribution in [1.29, 1.82) is 0 Å². The lowest BCUT2D eigenvalue weighted by molar-refractivity contribution is 0.165. The van der Waals surface area contributed by atoms with Gasteiger partial charge in [-0.05, 0) is 33.7 Å². The monoisotopic (exact) mass is 183 g/mol. The molecule has 1 nitrogen and oxygen atoms in total. The number of rotatable bonds is 2. The highest BCUT2D eigenvalue weighted by atomic mass is 15.1. The molecule has 0 aromatic heterocycles. The molecule has 1 rings (SSSR count). The minimum absolute atomic E-state index is 0.712. The normalized spacial score (nSPS) is 21.9. The van der Waals surface area contributed by atoms with Crippen LogP contribution < -0.4 is 0 Å². The lowest BCUT2D eigenvalue weighted by Crippen LogP contribution is -2.37. The highest BCUT2D eigenvalue weighted by Gasteiger charge is 2.17. The fourth-order valence-electron chi connectivity index (χ4n) is 2.26. The molecule has 0 aromatic carbocycles. The molecule has 0 saturated heterocycles. The van der Waals surface area contributed by atoms with Gasteiger partial charge in [-0.25, -0.2) is 0 Å². The van der Waals surface area contributed by atoms with Gasteiger partial charge in [-0.15, -0.1) is 0 Å². The van der Waals surface area contributed by atoms with Crippen LogP contribution in [0.15, 0.2) is 0 Å².